The molecule has 0 spiro atoms. The lowest BCUT2D eigenvalue weighted by Crippen LogP contribution is -2.24. The van der Waals surface area contributed by atoms with Gasteiger partial charge in [0.2, 0.25) is 5.91 Å². The Balaban J connectivity index is 1.45. The molecule has 0 radical (unpaired) electrons. The minimum atomic E-state index is -0.463. The van der Waals surface area contributed by atoms with Gasteiger partial charge in [-0.1, -0.05) is 36.4 Å². The number of hydrazone groups is 1. The summed E-state index contributed by atoms with van der Waals surface area (Å²) in [7, 11) is 0. The summed E-state index contributed by atoms with van der Waals surface area (Å²) < 4.78 is 14.8. The Hall–Kier alpha value is -4.46. The van der Waals surface area contributed by atoms with Crippen LogP contribution in [0.5, 0.6) is 0 Å². The predicted molar refractivity (Wildman–Crippen MR) is 123 cm³/mol. The second kappa shape index (κ2) is 9.57. The molecule has 8 heteroatoms. The third-order valence-electron chi connectivity index (χ3n) is 4.66. The number of halogens is 1. The summed E-state index contributed by atoms with van der Waals surface area (Å²) in [5.41, 5.74) is 5.20. The van der Waals surface area contributed by atoms with Crippen LogP contribution in [0.25, 0.3) is 10.9 Å². The second-order valence-corrected chi connectivity index (χ2v) is 6.97. The molecule has 0 saturated carbocycles. The Morgan fingerprint density at radius 2 is 1.56 bits per heavy atom. The van der Waals surface area contributed by atoms with E-state index in [9.17, 15) is 14.0 Å². The molecule has 0 atom stereocenters. The average molecular weight is 429 g/mol. The van der Waals surface area contributed by atoms with Crippen molar-refractivity contribution in [1.82, 2.24) is 9.99 Å². The number of nitrogens with zero attached hydrogens (tertiary/aromatic N) is 2. The maximum absolute atomic E-state index is 13.0. The molecule has 0 saturated heterocycles. The Kier molecular flexibility index (Phi) is 6.22. The molecule has 1 heterocycles. The van der Waals surface area contributed by atoms with Gasteiger partial charge in [0, 0.05) is 34.0 Å². The van der Waals surface area contributed by atoms with Crippen LogP contribution in [-0.4, -0.2) is 22.7 Å². The summed E-state index contributed by atoms with van der Waals surface area (Å²) in [6, 6.07) is 21.7. The number of carbonyl (C=O) groups is 2. The molecule has 4 aromatic rings. The number of hydrogen-bond acceptors (Lipinski definition) is 3. The van der Waals surface area contributed by atoms with E-state index in [1.165, 1.54) is 30.5 Å². The monoisotopic (exact) mass is 429 g/mol. The maximum atomic E-state index is 13.0. The number of hydrogen-bond donors (Lipinski definition) is 3. The molecule has 3 N–H and O–H groups in total. The second-order valence-electron chi connectivity index (χ2n) is 6.97. The van der Waals surface area contributed by atoms with Crippen LogP contribution in [0.15, 0.2) is 90.2 Å². The molecule has 32 heavy (non-hydrogen) atoms. The number of fused-ring (bicyclic) bond motifs is 1. The van der Waals surface area contributed by atoms with Crippen LogP contribution in [0.1, 0.15) is 5.56 Å². The largest absolute Gasteiger partial charge is 0.339 e. The van der Waals surface area contributed by atoms with Gasteiger partial charge in [-0.25, -0.2) is 14.6 Å². The smallest absolute Gasteiger partial charge is 0.337 e. The van der Waals surface area contributed by atoms with Gasteiger partial charge in [0.15, 0.2) is 0 Å². The summed E-state index contributed by atoms with van der Waals surface area (Å²) in [6.45, 7) is 0.0631. The highest BCUT2D eigenvalue weighted by molar-refractivity contribution is 6.01. The molecule has 7 nitrogen and oxygen atoms in total. The lowest BCUT2D eigenvalue weighted by Gasteiger charge is -2.07. The zero-order valence-corrected chi connectivity index (χ0v) is 17.0. The fourth-order valence-corrected chi connectivity index (χ4v) is 3.24. The number of benzene rings is 3. The first kappa shape index (κ1) is 20.8. The molecule has 0 aliphatic carbocycles. The zero-order valence-electron chi connectivity index (χ0n) is 17.0. The molecule has 0 aliphatic rings. The molecule has 3 aromatic carbocycles. The van der Waals surface area contributed by atoms with E-state index in [1.807, 2.05) is 42.5 Å². The molecule has 0 unspecified atom stereocenters. The van der Waals surface area contributed by atoms with Crippen LogP contribution in [0.2, 0.25) is 0 Å². The lowest BCUT2D eigenvalue weighted by molar-refractivity contribution is -0.116. The molecule has 1 aromatic heterocycles. The fourth-order valence-electron chi connectivity index (χ4n) is 3.24. The minimum Gasteiger partial charge on any atom is -0.337 e. The molecule has 4 rings (SSSR count). The van der Waals surface area contributed by atoms with E-state index in [0.29, 0.717) is 11.4 Å². The van der Waals surface area contributed by atoms with Gasteiger partial charge in [-0.05, 0) is 42.5 Å². The van der Waals surface area contributed by atoms with E-state index >= 15 is 0 Å². The van der Waals surface area contributed by atoms with Crippen LogP contribution >= 0.6 is 0 Å². The summed E-state index contributed by atoms with van der Waals surface area (Å²) in [6.07, 6.45) is 3.32. The minimum absolute atomic E-state index is 0.0631. The number of amides is 3. The molecular weight excluding hydrogens is 409 g/mol. The molecule has 0 aliphatic heterocycles. The molecule has 0 bridgehead atoms. The number of carbonyl (C=O) groups excluding carboxylic acids is 2. The van der Waals surface area contributed by atoms with Crippen molar-refractivity contribution in [2.45, 2.75) is 6.54 Å². The highest BCUT2D eigenvalue weighted by Crippen LogP contribution is 2.20. The summed E-state index contributed by atoms with van der Waals surface area (Å²) in [4.78, 5) is 24.5. The van der Waals surface area contributed by atoms with Crippen molar-refractivity contribution in [2.75, 3.05) is 10.6 Å². The van der Waals surface area contributed by atoms with E-state index in [-0.39, 0.29) is 18.3 Å². The van der Waals surface area contributed by atoms with Crippen LogP contribution < -0.4 is 16.1 Å². The van der Waals surface area contributed by atoms with Gasteiger partial charge in [0.05, 0.1) is 6.21 Å². The van der Waals surface area contributed by atoms with Gasteiger partial charge in [0.1, 0.15) is 12.4 Å². The summed E-state index contributed by atoms with van der Waals surface area (Å²) in [5.74, 6) is -0.615. The first-order valence-corrected chi connectivity index (χ1v) is 9.87. The van der Waals surface area contributed by atoms with Gasteiger partial charge in [-0.15, -0.1) is 0 Å². The highest BCUT2D eigenvalue weighted by atomic mass is 19.1. The van der Waals surface area contributed by atoms with Gasteiger partial charge in [-0.3, -0.25) is 4.79 Å². The molecule has 3 amide bonds. The number of aromatic nitrogens is 1. The van der Waals surface area contributed by atoms with Gasteiger partial charge < -0.3 is 15.2 Å². The SMILES string of the molecule is O=C(Cn1cc(/C=N\NC(=O)Nc2ccccc2)c2ccccc21)Nc1ccc(F)cc1. The first-order chi connectivity index (χ1) is 15.6. The topological polar surface area (TPSA) is 87.5 Å². The van der Waals surface area contributed by atoms with E-state index in [4.69, 9.17) is 0 Å². The lowest BCUT2D eigenvalue weighted by atomic mass is 10.2. The van der Waals surface area contributed by atoms with Crippen molar-refractivity contribution in [3.8, 4) is 0 Å². The Morgan fingerprint density at radius 1 is 0.875 bits per heavy atom. The van der Waals surface area contributed by atoms with Crippen molar-refractivity contribution in [3.63, 3.8) is 0 Å². The van der Waals surface area contributed by atoms with Crippen molar-refractivity contribution in [1.29, 1.82) is 0 Å². The van der Waals surface area contributed by atoms with E-state index in [1.54, 1.807) is 22.9 Å². The number of urea groups is 1. The van der Waals surface area contributed by atoms with Crippen molar-refractivity contribution >= 4 is 40.4 Å². The van der Waals surface area contributed by atoms with Crippen molar-refractivity contribution in [2.24, 2.45) is 5.10 Å². The Labute approximate surface area is 183 Å². The predicted octanol–water partition coefficient (Wildman–Crippen LogP) is 4.57. The Morgan fingerprint density at radius 3 is 2.34 bits per heavy atom. The number of anilines is 2. The summed E-state index contributed by atoms with van der Waals surface area (Å²) >= 11 is 0. The zero-order chi connectivity index (χ0) is 22.3. The fraction of sp³-hybridized carbons (Fsp3) is 0.0417. The summed E-state index contributed by atoms with van der Waals surface area (Å²) in [5, 5.41) is 10.3. The van der Waals surface area contributed by atoms with Gasteiger partial charge >= 0.3 is 6.03 Å². The van der Waals surface area contributed by atoms with Crippen LogP contribution in [0.3, 0.4) is 0 Å². The maximum Gasteiger partial charge on any atom is 0.339 e. The van der Waals surface area contributed by atoms with Crippen LogP contribution in [0, 0.1) is 5.82 Å². The van der Waals surface area contributed by atoms with E-state index in [2.05, 4.69) is 21.2 Å². The highest BCUT2D eigenvalue weighted by Gasteiger charge is 2.10. The van der Waals surface area contributed by atoms with Gasteiger partial charge in [-0.2, -0.15) is 5.10 Å². The average Bonchev–Trinajstić information content (AvgIpc) is 3.13. The van der Waals surface area contributed by atoms with Crippen LogP contribution in [0.4, 0.5) is 20.6 Å². The quantitative estimate of drug-likeness (QED) is 0.310. The molecule has 160 valence electrons. The Bertz CT molecular complexity index is 1270. The third-order valence-corrected chi connectivity index (χ3v) is 4.66. The number of nitrogens with one attached hydrogen (secondary N) is 3. The van der Waals surface area contributed by atoms with Crippen molar-refractivity contribution in [3.05, 3.63) is 96.4 Å². The van der Waals surface area contributed by atoms with Gasteiger partial charge in [0.25, 0.3) is 0 Å². The standard InChI is InChI=1S/C24H20FN5O2/c25-18-10-12-20(13-11-18)27-23(31)16-30-15-17(21-8-4-5-9-22(21)30)14-26-29-24(32)28-19-6-2-1-3-7-19/h1-15H,16H2,(H,27,31)(H2,28,29,32)/b26-14-. The molecule has 0 fully saturated rings. The number of rotatable bonds is 6. The molecular formula is C24H20FN5O2. The van der Waals surface area contributed by atoms with Crippen molar-refractivity contribution < 1.29 is 14.0 Å². The van der Waals surface area contributed by atoms with E-state index < -0.39 is 6.03 Å². The third kappa shape index (κ3) is 5.17. The van der Waals surface area contributed by atoms with E-state index in [0.717, 1.165) is 16.5 Å². The first-order valence-electron chi connectivity index (χ1n) is 9.87. The number of para-hydroxylation sites is 2. The van der Waals surface area contributed by atoms with Crippen LogP contribution in [-0.2, 0) is 11.3 Å². The normalized spacial score (nSPS) is 10.9.